The largest absolute Gasteiger partial charge is 0.463 e. The molecular formula is C20H21NO5. The van der Waals surface area contributed by atoms with Crippen molar-refractivity contribution < 1.29 is 23.8 Å². The number of rotatable bonds is 3. The van der Waals surface area contributed by atoms with Crippen molar-refractivity contribution in [3.63, 3.8) is 0 Å². The van der Waals surface area contributed by atoms with E-state index in [1.807, 2.05) is 12.1 Å². The fourth-order valence-corrected chi connectivity index (χ4v) is 3.90. The normalized spacial score (nSPS) is 26.5. The maximum atomic E-state index is 11.6. The Morgan fingerprint density at radius 3 is 2.73 bits per heavy atom. The van der Waals surface area contributed by atoms with Crippen molar-refractivity contribution in [1.29, 1.82) is 0 Å². The molecule has 1 N–H and O–H groups in total. The van der Waals surface area contributed by atoms with Crippen LogP contribution >= 0.6 is 0 Å². The second-order valence-corrected chi connectivity index (χ2v) is 6.78. The highest BCUT2D eigenvalue weighted by atomic mass is 16.6. The second kappa shape index (κ2) is 6.61. The van der Waals surface area contributed by atoms with Gasteiger partial charge in [-0.15, -0.1) is 0 Å². The van der Waals surface area contributed by atoms with Crippen LogP contribution in [0, 0.1) is 0 Å². The minimum absolute atomic E-state index is 0.0604. The Morgan fingerprint density at radius 1 is 1.15 bits per heavy atom. The van der Waals surface area contributed by atoms with Gasteiger partial charge in [-0.1, -0.05) is 36.4 Å². The second-order valence-electron chi connectivity index (χ2n) is 6.78. The van der Waals surface area contributed by atoms with E-state index in [9.17, 15) is 9.59 Å². The van der Waals surface area contributed by atoms with E-state index in [0.717, 1.165) is 22.0 Å². The maximum Gasteiger partial charge on any atom is 0.303 e. The van der Waals surface area contributed by atoms with Gasteiger partial charge in [0, 0.05) is 36.9 Å². The minimum atomic E-state index is -0.518. The Bertz CT molecular complexity index is 864. The summed E-state index contributed by atoms with van der Waals surface area (Å²) in [5.41, 5.74) is 2.10. The van der Waals surface area contributed by atoms with Crippen LogP contribution in [0.3, 0.4) is 0 Å². The number of hydrogen-bond donors (Lipinski definition) is 1. The molecule has 0 spiro atoms. The molecule has 2 bridgehead atoms. The molecule has 6 nitrogen and oxygen atoms in total. The topological polar surface area (TPSA) is 73.9 Å². The van der Waals surface area contributed by atoms with E-state index in [-0.39, 0.29) is 30.7 Å². The lowest BCUT2D eigenvalue weighted by Crippen LogP contribution is -2.54. The quantitative estimate of drug-likeness (QED) is 0.854. The zero-order chi connectivity index (χ0) is 18.3. The first kappa shape index (κ1) is 16.8. The third kappa shape index (κ3) is 3.01. The zero-order valence-corrected chi connectivity index (χ0v) is 14.7. The predicted octanol–water partition coefficient (Wildman–Crippen LogP) is 2.96. The van der Waals surface area contributed by atoms with Gasteiger partial charge in [0.1, 0.15) is 12.7 Å². The lowest BCUT2D eigenvalue weighted by Gasteiger charge is -2.45. The summed E-state index contributed by atoms with van der Waals surface area (Å²) < 4.78 is 16.9. The molecule has 2 aromatic carbocycles. The molecule has 0 saturated carbocycles. The first-order chi connectivity index (χ1) is 12.5. The SMILES string of the molecule is CC(=O)OC[C@H]1O[C@H]2C[C@H](Nc3c2ccc2ccccc32)[C@@H]1OC(C)=O. The molecule has 4 rings (SSSR count). The van der Waals surface area contributed by atoms with Crippen LogP contribution in [-0.4, -0.2) is 36.8 Å². The van der Waals surface area contributed by atoms with E-state index in [1.54, 1.807) is 0 Å². The molecular weight excluding hydrogens is 334 g/mol. The van der Waals surface area contributed by atoms with Crippen molar-refractivity contribution >= 4 is 28.4 Å². The fraction of sp³-hybridized carbons (Fsp3) is 0.400. The number of hydrogen-bond acceptors (Lipinski definition) is 6. The molecule has 1 saturated heterocycles. The highest BCUT2D eigenvalue weighted by Gasteiger charge is 2.45. The molecule has 4 atom stereocenters. The Hall–Kier alpha value is -2.60. The van der Waals surface area contributed by atoms with E-state index in [1.165, 1.54) is 13.8 Å². The van der Waals surface area contributed by atoms with E-state index in [4.69, 9.17) is 14.2 Å². The van der Waals surface area contributed by atoms with Crippen molar-refractivity contribution in [2.45, 2.75) is 44.6 Å². The van der Waals surface area contributed by atoms with Crippen molar-refractivity contribution in [2.24, 2.45) is 0 Å². The molecule has 0 amide bonds. The van der Waals surface area contributed by atoms with E-state index >= 15 is 0 Å². The number of anilines is 1. The zero-order valence-electron chi connectivity index (χ0n) is 14.7. The summed E-state index contributed by atoms with van der Waals surface area (Å²) in [5.74, 6) is -0.763. The Morgan fingerprint density at radius 2 is 1.96 bits per heavy atom. The Kier molecular flexibility index (Phi) is 4.28. The molecule has 2 aliphatic heterocycles. The lowest BCUT2D eigenvalue weighted by atomic mass is 9.85. The number of carbonyl (C=O) groups excluding carboxylic acids is 2. The maximum absolute atomic E-state index is 11.6. The summed E-state index contributed by atoms with van der Waals surface area (Å²) in [6, 6.07) is 12.2. The highest BCUT2D eigenvalue weighted by Crippen LogP contribution is 2.44. The molecule has 0 aromatic heterocycles. The lowest BCUT2D eigenvalue weighted by molar-refractivity contribution is -0.185. The third-order valence-corrected chi connectivity index (χ3v) is 4.96. The standard InChI is InChI=1S/C20H21NO5/c1-11(22)24-10-18-20(25-12(2)23)16-9-17(26-18)15-8-7-13-5-3-4-6-14(13)19(15)21-16/h3-8,16-18,20-21H,9-10H2,1-2H3/t16-,17-,18+,20-/m0/s1. The Labute approximate surface area is 151 Å². The van der Waals surface area contributed by atoms with Crippen LogP contribution in [0.4, 0.5) is 5.69 Å². The van der Waals surface area contributed by atoms with Gasteiger partial charge in [0.05, 0.1) is 12.1 Å². The first-order valence-electron chi connectivity index (χ1n) is 8.77. The number of esters is 2. The smallest absolute Gasteiger partial charge is 0.303 e. The van der Waals surface area contributed by atoms with Gasteiger partial charge in [0.15, 0.2) is 6.10 Å². The van der Waals surface area contributed by atoms with Gasteiger partial charge < -0.3 is 19.5 Å². The summed E-state index contributed by atoms with van der Waals surface area (Å²) in [6.45, 7) is 2.79. The number of benzene rings is 2. The summed E-state index contributed by atoms with van der Waals surface area (Å²) in [5, 5.41) is 5.80. The highest BCUT2D eigenvalue weighted by molar-refractivity contribution is 5.96. The molecule has 6 heteroatoms. The van der Waals surface area contributed by atoms with E-state index in [0.29, 0.717) is 6.42 Å². The van der Waals surface area contributed by atoms with Crippen LogP contribution in [0.5, 0.6) is 0 Å². The van der Waals surface area contributed by atoms with E-state index < -0.39 is 12.2 Å². The average Bonchev–Trinajstić information content (AvgIpc) is 2.62. The van der Waals surface area contributed by atoms with Crippen molar-refractivity contribution in [1.82, 2.24) is 0 Å². The monoisotopic (exact) mass is 355 g/mol. The molecule has 1 fully saturated rings. The predicted molar refractivity (Wildman–Crippen MR) is 95.8 cm³/mol. The minimum Gasteiger partial charge on any atom is -0.463 e. The van der Waals surface area contributed by atoms with Crippen molar-refractivity contribution in [3.8, 4) is 0 Å². The van der Waals surface area contributed by atoms with Crippen LogP contribution in [-0.2, 0) is 23.8 Å². The Balaban J connectivity index is 1.71. The van der Waals surface area contributed by atoms with Crippen LogP contribution in [0.15, 0.2) is 36.4 Å². The fourth-order valence-electron chi connectivity index (χ4n) is 3.90. The summed E-state index contributed by atoms with van der Waals surface area (Å²) in [6.07, 6.45) is -0.457. The number of nitrogens with one attached hydrogen (secondary N) is 1. The van der Waals surface area contributed by atoms with Crippen LogP contribution in [0.2, 0.25) is 0 Å². The van der Waals surface area contributed by atoms with Gasteiger partial charge in [-0.05, 0) is 5.39 Å². The average molecular weight is 355 g/mol. The molecule has 0 radical (unpaired) electrons. The third-order valence-electron chi connectivity index (χ3n) is 4.96. The molecule has 26 heavy (non-hydrogen) atoms. The van der Waals surface area contributed by atoms with Gasteiger partial charge in [-0.3, -0.25) is 9.59 Å². The number of ether oxygens (including phenoxy) is 3. The van der Waals surface area contributed by atoms with Gasteiger partial charge in [0.2, 0.25) is 0 Å². The molecule has 0 aliphatic carbocycles. The number of carbonyl (C=O) groups is 2. The summed E-state index contributed by atoms with van der Waals surface area (Å²) >= 11 is 0. The number of fused-ring (bicyclic) bond motifs is 6. The van der Waals surface area contributed by atoms with Crippen molar-refractivity contribution in [3.05, 3.63) is 42.0 Å². The van der Waals surface area contributed by atoms with Gasteiger partial charge in [0.25, 0.3) is 0 Å². The molecule has 2 aliphatic rings. The van der Waals surface area contributed by atoms with Crippen LogP contribution in [0.25, 0.3) is 10.8 Å². The summed E-state index contributed by atoms with van der Waals surface area (Å²) in [4.78, 5) is 22.8. The molecule has 0 unspecified atom stereocenters. The van der Waals surface area contributed by atoms with Gasteiger partial charge in [-0.2, -0.15) is 0 Å². The van der Waals surface area contributed by atoms with E-state index in [2.05, 4.69) is 29.6 Å². The van der Waals surface area contributed by atoms with Crippen LogP contribution < -0.4 is 5.32 Å². The van der Waals surface area contributed by atoms with Crippen LogP contribution in [0.1, 0.15) is 31.9 Å². The van der Waals surface area contributed by atoms with Gasteiger partial charge >= 0.3 is 11.9 Å². The molecule has 2 aromatic rings. The van der Waals surface area contributed by atoms with Gasteiger partial charge in [-0.25, -0.2) is 0 Å². The molecule has 2 heterocycles. The molecule has 136 valence electrons. The van der Waals surface area contributed by atoms with Crippen molar-refractivity contribution in [2.75, 3.05) is 11.9 Å². The first-order valence-corrected chi connectivity index (χ1v) is 8.77. The summed E-state index contributed by atoms with van der Waals surface area (Å²) in [7, 11) is 0.